The minimum atomic E-state index is -0.777. The first-order chi connectivity index (χ1) is 13.0. The molecule has 1 aliphatic heterocycles. The minimum Gasteiger partial charge on any atom is -0.486 e. The van der Waals surface area contributed by atoms with Crippen LogP contribution >= 0.6 is 23.2 Å². The number of nitrogens with zero attached hydrogens (tertiary/aromatic N) is 1. The molecule has 0 aromatic heterocycles. The van der Waals surface area contributed by atoms with Crippen molar-refractivity contribution < 1.29 is 19.4 Å². The smallest absolute Gasteiger partial charge is 0.304 e. The van der Waals surface area contributed by atoms with Crippen molar-refractivity contribution in [1.29, 1.82) is 0 Å². The van der Waals surface area contributed by atoms with Crippen LogP contribution in [-0.2, 0) is 16.1 Å². The maximum absolute atomic E-state index is 10.8. The second kappa shape index (κ2) is 9.42. The highest BCUT2D eigenvalue weighted by atomic mass is 35.5. The SMILES string of the molecule is O=C(O)CCN1CCO[C@H](c2ccc(COc3c(Cl)cccc3Cl)cc2)C1. The van der Waals surface area contributed by atoms with E-state index < -0.39 is 5.97 Å². The maximum Gasteiger partial charge on any atom is 0.304 e. The molecule has 1 fully saturated rings. The average molecular weight is 410 g/mol. The van der Waals surface area contributed by atoms with Crippen molar-refractivity contribution in [2.45, 2.75) is 19.1 Å². The molecular weight excluding hydrogens is 389 g/mol. The Morgan fingerprint density at radius 3 is 2.56 bits per heavy atom. The predicted molar refractivity (Wildman–Crippen MR) is 105 cm³/mol. The van der Waals surface area contributed by atoms with Crippen LogP contribution in [0.15, 0.2) is 42.5 Å². The lowest BCUT2D eigenvalue weighted by Crippen LogP contribution is -2.39. The standard InChI is InChI=1S/C20H21Cl2NO4/c21-16-2-1-3-17(22)20(16)27-13-14-4-6-15(7-5-14)18-12-23(10-11-26-18)9-8-19(24)25/h1-7,18H,8-13H2,(H,24,25)/t18-/m0/s1. The molecule has 1 atom stereocenters. The molecule has 0 bridgehead atoms. The first kappa shape index (κ1) is 20.0. The van der Waals surface area contributed by atoms with Gasteiger partial charge in [0.15, 0.2) is 5.75 Å². The summed E-state index contributed by atoms with van der Waals surface area (Å²) >= 11 is 12.2. The summed E-state index contributed by atoms with van der Waals surface area (Å²) in [4.78, 5) is 12.9. The van der Waals surface area contributed by atoms with Gasteiger partial charge in [-0.25, -0.2) is 0 Å². The molecule has 1 heterocycles. The molecule has 144 valence electrons. The molecule has 2 aromatic rings. The highest BCUT2D eigenvalue weighted by Crippen LogP contribution is 2.33. The van der Waals surface area contributed by atoms with Crippen molar-refractivity contribution >= 4 is 29.2 Å². The zero-order valence-electron chi connectivity index (χ0n) is 14.7. The second-order valence-corrected chi connectivity index (χ2v) is 7.20. The summed E-state index contributed by atoms with van der Waals surface area (Å²) < 4.78 is 11.6. The van der Waals surface area contributed by atoms with Gasteiger partial charge in [-0.3, -0.25) is 9.69 Å². The summed E-state index contributed by atoms with van der Waals surface area (Å²) in [6.45, 7) is 2.95. The number of benzene rings is 2. The number of hydrogen-bond donors (Lipinski definition) is 1. The van der Waals surface area contributed by atoms with Gasteiger partial charge in [-0.2, -0.15) is 0 Å². The van der Waals surface area contributed by atoms with Gasteiger partial charge in [0, 0.05) is 19.6 Å². The number of aliphatic carboxylic acids is 1. The number of rotatable bonds is 7. The van der Waals surface area contributed by atoms with Crippen molar-refractivity contribution in [3.63, 3.8) is 0 Å². The van der Waals surface area contributed by atoms with Gasteiger partial charge >= 0.3 is 5.97 Å². The van der Waals surface area contributed by atoms with Crippen LogP contribution in [0.3, 0.4) is 0 Å². The normalized spacial score (nSPS) is 17.6. The third-order valence-corrected chi connectivity index (χ3v) is 5.04. The van der Waals surface area contributed by atoms with Gasteiger partial charge in [-0.05, 0) is 23.3 Å². The van der Waals surface area contributed by atoms with E-state index in [-0.39, 0.29) is 12.5 Å². The lowest BCUT2D eigenvalue weighted by Gasteiger charge is -2.32. The highest BCUT2D eigenvalue weighted by Gasteiger charge is 2.22. The number of ether oxygens (including phenoxy) is 2. The summed E-state index contributed by atoms with van der Waals surface area (Å²) in [6, 6.07) is 13.2. The van der Waals surface area contributed by atoms with Gasteiger partial charge in [0.25, 0.3) is 0 Å². The molecule has 0 saturated carbocycles. The van der Waals surface area contributed by atoms with Crippen molar-refractivity contribution in [2.24, 2.45) is 0 Å². The van der Waals surface area contributed by atoms with E-state index in [9.17, 15) is 4.79 Å². The number of para-hydroxylation sites is 1. The van der Waals surface area contributed by atoms with E-state index in [1.54, 1.807) is 18.2 Å². The van der Waals surface area contributed by atoms with Crippen molar-refractivity contribution in [2.75, 3.05) is 26.2 Å². The fraction of sp³-hybridized carbons (Fsp3) is 0.350. The topological polar surface area (TPSA) is 59.0 Å². The first-order valence-corrected chi connectivity index (χ1v) is 9.50. The molecule has 0 amide bonds. The molecule has 0 unspecified atom stereocenters. The van der Waals surface area contributed by atoms with Crippen LogP contribution < -0.4 is 4.74 Å². The summed E-state index contributed by atoms with van der Waals surface area (Å²) in [6.07, 6.45) is 0.0914. The molecule has 2 aromatic carbocycles. The molecule has 27 heavy (non-hydrogen) atoms. The number of carbonyl (C=O) groups is 1. The molecule has 7 heteroatoms. The van der Waals surface area contributed by atoms with E-state index in [0.29, 0.717) is 42.1 Å². The summed E-state index contributed by atoms with van der Waals surface area (Å²) in [5, 5.41) is 9.80. The van der Waals surface area contributed by atoms with Crippen LogP contribution in [0.4, 0.5) is 0 Å². The molecule has 3 rings (SSSR count). The Balaban J connectivity index is 1.57. The van der Waals surface area contributed by atoms with Crippen LogP contribution in [0.2, 0.25) is 10.0 Å². The highest BCUT2D eigenvalue weighted by molar-refractivity contribution is 6.37. The largest absolute Gasteiger partial charge is 0.486 e. The fourth-order valence-corrected chi connectivity index (χ4v) is 3.47. The quantitative estimate of drug-likeness (QED) is 0.733. The van der Waals surface area contributed by atoms with Gasteiger partial charge in [0.1, 0.15) is 6.61 Å². The van der Waals surface area contributed by atoms with Crippen molar-refractivity contribution in [3.05, 3.63) is 63.6 Å². The van der Waals surface area contributed by atoms with Crippen LogP contribution in [0.5, 0.6) is 5.75 Å². The van der Waals surface area contributed by atoms with Crippen LogP contribution in [0.25, 0.3) is 0 Å². The molecular formula is C20H21Cl2NO4. The van der Waals surface area contributed by atoms with Crippen LogP contribution in [-0.4, -0.2) is 42.2 Å². The minimum absolute atomic E-state index is 0.0551. The van der Waals surface area contributed by atoms with E-state index in [2.05, 4.69) is 4.90 Å². The molecule has 1 saturated heterocycles. The zero-order chi connectivity index (χ0) is 19.2. The molecule has 0 aliphatic carbocycles. The van der Waals surface area contributed by atoms with E-state index in [4.69, 9.17) is 37.8 Å². The van der Waals surface area contributed by atoms with Gasteiger partial charge in [0.05, 0.1) is 29.2 Å². The van der Waals surface area contributed by atoms with Crippen molar-refractivity contribution in [1.82, 2.24) is 4.90 Å². The van der Waals surface area contributed by atoms with E-state index in [1.807, 2.05) is 24.3 Å². The number of halogens is 2. The monoisotopic (exact) mass is 409 g/mol. The van der Waals surface area contributed by atoms with Crippen LogP contribution in [0.1, 0.15) is 23.7 Å². The zero-order valence-corrected chi connectivity index (χ0v) is 16.2. The summed E-state index contributed by atoms with van der Waals surface area (Å²) in [7, 11) is 0. The number of carboxylic acids is 1. The molecule has 0 spiro atoms. The molecule has 1 N–H and O–H groups in total. The maximum atomic E-state index is 10.8. The average Bonchev–Trinajstić information content (AvgIpc) is 2.67. The van der Waals surface area contributed by atoms with Gasteiger partial charge in [-0.15, -0.1) is 0 Å². The van der Waals surface area contributed by atoms with E-state index in [0.717, 1.165) is 17.7 Å². The number of hydrogen-bond acceptors (Lipinski definition) is 4. The summed E-state index contributed by atoms with van der Waals surface area (Å²) in [5.74, 6) is -0.296. The third kappa shape index (κ3) is 5.59. The Morgan fingerprint density at radius 1 is 1.19 bits per heavy atom. The van der Waals surface area contributed by atoms with Gasteiger partial charge in [0.2, 0.25) is 0 Å². The Hall–Kier alpha value is -1.79. The Bertz CT molecular complexity index is 762. The van der Waals surface area contributed by atoms with Gasteiger partial charge < -0.3 is 14.6 Å². The lowest BCUT2D eigenvalue weighted by molar-refractivity contribution is -0.137. The second-order valence-electron chi connectivity index (χ2n) is 6.38. The van der Waals surface area contributed by atoms with Crippen molar-refractivity contribution in [3.8, 4) is 5.75 Å². The third-order valence-electron chi connectivity index (χ3n) is 4.45. The van der Waals surface area contributed by atoms with E-state index >= 15 is 0 Å². The fourth-order valence-electron chi connectivity index (χ4n) is 2.97. The Morgan fingerprint density at radius 2 is 1.89 bits per heavy atom. The molecule has 1 aliphatic rings. The lowest BCUT2D eigenvalue weighted by atomic mass is 10.1. The first-order valence-electron chi connectivity index (χ1n) is 8.74. The summed E-state index contributed by atoms with van der Waals surface area (Å²) in [5.41, 5.74) is 2.06. The Kier molecular flexibility index (Phi) is 6.96. The van der Waals surface area contributed by atoms with Gasteiger partial charge in [-0.1, -0.05) is 53.5 Å². The number of morpholine rings is 1. The Labute approximate surface area is 168 Å². The predicted octanol–water partition coefficient (Wildman–Crippen LogP) is 4.42. The molecule has 5 nitrogen and oxygen atoms in total. The van der Waals surface area contributed by atoms with E-state index in [1.165, 1.54) is 0 Å². The number of carboxylic acid groups (broad SMARTS) is 1. The van der Waals surface area contributed by atoms with Crippen LogP contribution in [0, 0.1) is 0 Å². The molecule has 0 radical (unpaired) electrons.